The molecule has 0 atom stereocenters. The van der Waals surface area contributed by atoms with Gasteiger partial charge in [0, 0.05) is 23.6 Å². The third-order valence-corrected chi connectivity index (χ3v) is 3.27. The van der Waals surface area contributed by atoms with Gasteiger partial charge in [0.2, 0.25) is 0 Å². The molecule has 18 heavy (non-hydrogen) atoms. The van der Waals surface area contributed by atoms with E-state index in [0.29, 0.717) is 11.5 Å². The zero-order valence-electron chi connectivity index (χ0n) is 11.1. The van der Waals surface area contributed by atoms with Crippen molar-refractivity contribution in [2.45, 2.75) is 39.7 Å². The van der Waals surface area contributed by atoms with E-state index in [2.05, 4.69) is 26.8 Å². The van der Waals surface area contributed by atoms with Gasteiger partial charge in [0.25, 0.3) is 0 Å². The third kappa shape index (κ3) is 2.13. The van der Waals surface area contributed by atoms with Crippen molar-refractivity contribution in [3.05, 3.63) is 35.5 Å². The molecule has 0 amide bonds. The van der Waals surface area contributed by atoms with Crippen LogP contribution in [0.2, 0.25) is 0 Å². The van der Waals surface area contributed by atoms with Crippen LogP contribution < -0.4 is 0 Å². The zero-order chi connectivity index (χ0) is 13.3. The smallest absolute Gasteiger partial charge is 0.337 e. The Morgan fingerprint density at radius 1 is 1.39 bits per heavy atom. The molecule has 0 aliphatic heterocycles. The van der Waals surface area contributed by atoms with Crippen LogP contribution in [-0.2, 0) is 6.54 Å². The monoisotopic (exact) mass is 245 g/mol. The summed E-state index contributed by atoms with van der Waals surface area (Å²) in [6, 6.07) is 6.13. The largest absolute Gasteiger partial charge is 0.478 e. The minimum atomic E-state index is -0.851. The Morgan fingerprint density at radius 3 is 2.67 bits per heavy atom. The molecule has 0 fully saturated rings. The Hall–Kier alpha value is -1.77. The first-order valence-corrected chi connectivity index (χ1v) is 6.40. The summed E-state index contributed by atoms with van der Waals surface area (Å²) in [6.45, 7) is 7.18. The van der Waals surface area contributed by atoms with Gasteiger partial charge in [0.05, 0.1) is 5.56 Å². The highest BCUT2D eigenvalue weighted by Crippen LogP contribution is 2.26. The number of aromatic carboxylic acids is 1. The number of rotatable bonds is 4. The van der Waals surface area contributed by atoms with E-state index in [9.17, 15) is 9.90 Å². The van der Waals surface area contributed by atoms with Crippen molar-refractivity contribution in [1.29, 1.82) is 0 Å². The molecule has 2 aromatic rings. The Balaban J connectivity index is 2.67. The number of nitrogens with zero attached hydrogens (tertiary/aromatic N) is 1. The molecule has 0 saturated heterocycles. The summed E-state index contributed by atoms with van der Waals surface area (Å²) >= 11 is 0. The van der Waals surface area contributed by atoms with Gasteiger partial charge in [-0.25, -0.2) is 4.79 Å². The molecule has 0 radical (unpaired) electrons. The van der Waals surface area contributed by atoms with E-state index in [0.717, 1.165) is 23.9 Å². The second-order valence-electron chi connectivity index (χ2n) is 4.97. The maximum absolute atomic E-state index is 11.3. The lowest BCUT2D eigenvalue weighted by atomic mass is 10.0. The predicted octanol–water partition coefficient (Wildman–Crippen LogP) is 3.87. The van der Waals surface area contributed by atoms with E-state index in [-0.39, 0.29) is 0 Å². The second-order valence-corrected chi connectivity index (χ2v) is 4.97. The number of carboxylic acid groups (broad SMARTS) is 1. The van der Waals surface area contributed by atoms with E-state index in [4.69, 9.17) is 0 Å². The molecule has 0 aliphatic carbocycles. The number of carbonyl (C=O) groups is 1. The van der Waals surface area contributed by atoms with Crippen LogP contribution in [0.25, 0.3) is 10.9 Å². The van der Waals surface area contributed by atoms with Gasteiger partial charge in [0.1, 0.15) is 0 Å². The van der Waals surface area contributed by atoms with Gasteiger partial charge in [-0.2, -0.15) is 0 Å². The first-order chi connectivity index (χ1) is 8.54. The Bertz CT molecular complexity index is 581. The van der Waals surface area contributed by atoms with E-state index < -0.39 is 5.97 Å². The molecule has 1 N–H and O–H groups in total. The number of hydrogen-bond donors (Lipinski definition) is 1. The number of carboxylic acids is 1. The normalized spacial score (nSPS) is 11.3. The van der Waals surface area contributed by atoms with Crippen molar-refractivity contribution in [2.24, 2.45) is 0 Å². The van der Waals surface area contributed by atoms with Crippen molar-refractivity contribution in [2.75, 3.05) is 0 Å². The van der Waals surface area contributed by atoms with Crippen molar-refractivity contribution < 1.29 is 9.90 Å². The topological polar surface area (TPSA) is 42.2 Å². The lowest BCUT2D eigenvalue weighted by Crippen LogP contribution is -1.96. The fourth-order valence-corrected chi connectivity index (χ4v) is 2.27. The van der Waals surface area contributed by atoms with Gasteiger partial charge < -0.3 is 9.67 Å². The van der Waals surface area contributed by atoms with Gasteiger partial charge in [0.15, 0.2) is 0 Å². The van der Waals surface area contributed by atoms with Gasteiger partial charge >= 0.3 is 5.97 Å². The minimum Gasteiger partial charge on any atom is -0.478 e. The second kappa shape index (κ2) is 4.84. The van der Waals surface area contributed by atoms with Gasteiger partial charge in [-0.1, -0.05) is 26.8 Å². The van der Waals surface area contributed by atoms with E-state index >= 15 is 0 Å². The maximum atomic E-state index is 11.3. The molecule has 3 nitrogen and oxygen atoms in total. The first-order valence-electron chi connectivity index (χ1n) is 6.40. The van der Waals surface area contributed by atoms with Crippen LogP contribution in [-0.4, -0.2) is 15.6 Å². The number of aromatic nitrogens is 1. The molecule has 0 unspecified atom stereocenters. The summed E-state index contributed by atoms with van der Waals surface area (Å²) in [6.07, 6.45) is 2.75. The zero-order valence-corrected chi connectivity index (χ0v) is 11.1. The number of benzene rings is 1. The summed E-state index contributed by atoms with van der Waals surface area (Å²) in [4.78, 5) is 11.3. The number of fused-ring (bicyclic) bond motifs is 1. The average molecular weight is 245 g/mol. The van der Waals surface area contributed by atoms with E-state index in [1.54, 1.807) is 6.20 Å². The van der Waals surface area contributed by atoms with Crippen molar-refractivity contribution in [1.82, 2.24) is 4.57 Å². The van der Waals surface area contributed by atoms with Crippen LogP contribution in [0.15, 0.2) is 24.4 Å². The lowest BCUT2D eigenvalue weighted by Gasteiger charge is -2.07. The highest BCUT2D eigenvalue weighted by atomic mass is 16.4. The first kappa shape index (κ1) is 12.7. The molecule has 1 aromatic heterocycles. The number of aryl methyl sites for hydroxylation is 1. The fraction of sp³-hybridized carbons (Fsp3) is 0.400. The Labute approximate surface area is 107 Å². The van der Waals surface area contributed by atoms with Crippen LogP contribution in [0.1, 0.15) is 49.0 Å². The summed E-state index contributed by atoms with van der Waals surface area (Å²) in [5.74, 6) is -0.443. The molecule has 2 rings (SSSR count). The quantitative estimate of drug-likeness (QED) is 0.888. The fourth-order valence-electron chi connectivity index (χ4n) is 2.27. The highest BCUT2D eigenvalue weighted by Gasteiger charge is 2.14. The SMILES string of the molecule is CCCn1cc(C(=O)O)c2cc(C(C)C)ccc21. The number of hydrogen-bond acceptors (Lipinski definition) is 1. The molecule has 0 bridgehead atoms. The summed E-state index contributed by atoms with van der Waals surface area (Å²) in [5, 5.41) is 10.1. The van der Waals surface area contributed by atoms with Crippen LogP contribution >= 0.6 is 0 Å². The molecule has 1 heterocycles. The molecule has 0 aliphatic rings. The molecule has 0 saturated carbocycles. The molecule has 3 heteroatoms. The van der Waals surface area contributed by atoms with Crippen LogP contribution in [0, 0.1) is 0 Å². The molecular formula is C15H19NO2. The predicted molar refractivity (Wildman–Crippen MR) is 73.3 cm³/mol. The standard InChI is InChI=1S/C15H19NO2/c1-4-7-16-9-13(15(17)18)12-8-11(10(2)3)5-6-14(12)16/h5-6,8-10H,4,7H2,1-3H3,(H,17,18). The van der Waals surface area contributed by atoms with Crippen LogP contribution in [0.3, 0.4) is 0 Å². The Morgan fingerprint density at radius 2 is 2.11 bits per heavy atom. The van der Waals surface area contributed by atoms with Crippen molar-refractivity contribution >= 4 is 16.9 Å². The van der Waals surface area contributed by atoms with Crippen molar-refractivity contribution in [3.63, 3.8) is 0 Å². The molecule has 96 valence electrons. The molecule has 1 aromatic carbocycles. The summed E-state index contributed by atoms with van der Waals surface area (Å²) < 4.78 is 2.03. The van der Waals surface area contributed by atoms with Gasteiger partial charge in [-0.15, -0.1) is 0 Å². The van der Waals surface area contributed by atoms with Gasteiger partial charge in [-0.05, 0) is 30.0 Å². The van der Waals surface area contributed by atoms with E-state index in [1.807, 2.05) is 16.7 Å². The lowest BCUT2D eigenvalue weighted by molar-refractivity contribution is 0.0699. The maximum Gasteiger partial charge on any atom is 0.337 e. The minimum absolute atomic E-state index is 0.404. The highest BCUT2D eigenvalue weighted by molar-refractivity contribution is 6.03. The molecule has 0 spiro atoms. The van der Waals surface area contributed by atoms with Crippen LogP contribution in [0.4, 0.5) is 0 Å². The van der Waals surface area contributed by atoms with Crippen molar-refractivity contribution in [3.8, 4) is 0 Å². The Kier molecular flexibility index (Phi) is 3.41. The summed E-state index contributed by atoms with van der Waals surface area (Å²) in [7, 11) is 0. The third-order valence-electron chi connectivity index (χ3n) is 3.27. The molecular weight excluding hydrogens is 226 g/mol. The van der Waals surface area contributed by atoms with E-state index in [1.165, 1.54) is 5.56 Å². The van der Waals surface area contributed by atoms with Gasteiger partial charge in [-0.3, -0.25) is 0 Å². The van der Waals surface area contributed by atoms with Crippen LogP contribution in [0.5, 0.6) is 0 Å². The summed E-state index contributed by atoms with van der Waals surface area (Å²) in [5.41, 5.74) is 2.60. The average Bonchev–Trinajstić information content (AvgIpc) is 2.68.